The lowest BCUT2D eigenvalue weighted by molar-refractivity contribution is -0.138. The summed E-state index contributed by atoms with van der Waals surface area (Å²) in [5.41, 5.74) is 0.847. The Morgan fingerprint density at radius 2 is 1.69 bits per heavy atom. The van der Waals surface area contributed by atoms with Crippen molar-refractivity contribution in [1.82, 2.24) is 0 Å². The van der Waals surface area contributed by atoms with Gasteiger partial charge < -0.3 is 10.2 Å². The number of hydrogen-bond acceptors (Lipinski definition) is 2. The van der Waals surface area contributed by atoms with Crippen LogP contribution < -0.4 is 0 Å². The molecule has 1 atom stereocenters. The number of carboxylic acids is 1. The van der Waals surface area contributed by atoms with Crippen LogP contribution in [-0.2, 0) is 4.79 Å². The summed E-state index contributed by atoms with van der Waals surface area (Å²) < 4.78 is 0. The van der Waals surface area contributed by atoms with E-state index in [1.165, 1.54) is 0 Å². The summed E-state index contributed by atoms with van der Waals surface area (Å²) in [5.74, 6) is -1.19. The van der Waals surface area contributed by atoms with Gasteiger partial charge in [-0.25, -0.2) is 0 Å². The first-order chi connectivity index (χ1) is 6.22. The van der Waals surface area contributed by atoms with Crippen LogP contribution in [0, 0.1) is 0 Å². The van der Waals surface area contributed by atoms with Gasteiger partial charge in [0.05, 0.1) is 5.92 Å². The summed E-state index contributed by atoms with van der Waals surface area (Å²) >= 11 is 0. The summed E-state index contributed by atoms with van der Waals surface area (Å²) in [4.78, 5) is 10.5. The average Bonchev–Trinajstić information content (AvgIpc) is 2.21. The maximum absolute atomic E-state index is 10.5. The summed E-state index contributed by atoms with van der Waals surface area (Å²) in [6, 6.07) is 9.19. The van der Waals surface area contributed by atoms with Crippen molar-refractivity contribution in [2.24, 2.45) is 0 Å². The maximum Gasteiger partial charge on any atom is 0.310 e. The van der Waals surface area contributed by atoms with E-state index in [1.54, 1.807) is 6.92 Å². The molecule has 0 aliphatic rings. The van der Waals surface area contributed by atoms with E-state index in [9.17, 15) is 4.79 Å². The van der Waals surface area contributed by atoms with Gasteiger partial charge in [-0.1, -0.05) is 30.3 Å². The molecule has 0 saturated carbocycles. The lowest BCUT2D eigenvalue weighted by Gasteiger charge is -2.04. The van der Waals surface area contributed by atoms with Crippen molar-refractivity contribution < 1.29 is 15.0 Å². The molecule has 0 spiro atoms. The molecule has 0 amide bonds. The highest BCUT2D eigenvalue weighted by Gasteiger charge is 2.11. The standard InChI is InChI=1S/C9H10O2.CH4O/c1-7(9(10)11)8-5-3-2-4-6-8;1-2/h2-7H,1H3,(H,10,11);2H,1H3. The fraction of sp³-hybridized carbons (Fsp3) is 0.300. The zero-order valence-electron chi connectivity index (χ0n) is 7.77. The van der Waals surface area contributed by atoms with Crippen molar-refractivity contribution in [3.05, 3.63) is 35.9 Å². The van der Waals surface area contributed by atoms with Gasteiger partial charge in [0.25, 0.3) is 0 Å². The zero-order chi connectivity index (χ0) is 10.3. The predicted molar refractivity (Wildman–Crippen MR) is 50.6 cm³/mol. The minimum atomic E-state index is -0.781. The first kappa shape index (κ1) is 11.6. The Labute approximate surface area is 77.6 Å². The smallest absolute Gasteiger partial charge is 0.310 e. The van der Waals surface area contributed by atoms with Crippen LogP contribution in [0.3, 0.4) is 0 Å². The van der Waals surface area contributed by atoms with E-state index in [0.717, 1.165) is 12.7 Å². The normalized spacial score (nSPS) is 11.0. The molecule has 0 bridgehead atoms. The molecule has 2 N–H and O–H groups in total. The van der Waals surface area contributed by atoms with Gasteiger partial charge in [0.1, 0.15) is 0 Å². The van der Waals surface area contributed by atoms with Gasteiger partial charge in [0.15, 0.2) is 0 Å². The minimum Gasteiger partial charge on any atom is -0.481 e. The van der Waals surface area contributed by atoms with Gasteiger partial charge in [-0.15, -0.1) is 0 Å². The highest BCUT2D eigenvalue weighted by Crippen LogP contribution is 2.13. The molecule has 1 rings (SSSR count). The van der Waals surface area contributed by atoms with Crippen molar-refractivity contribution in [3.63, 3.8) is 0 Å². The van der Waals surface area contributed by atoms with E-state index in [4.69, 9.17) is 10.2 Å². The molecular weight excluding hydrogens is 168 g/mol. The molecule has 1 aromatic carbocycles. The molecule has 3 heteroatoms. The van der Waals surface area contributed by atoms with Gasteiger partial charge >= 0.3 is 5.97 Å². The molecule has 0 radical (unpaired) electrons. The number of hydrogen-bond donors (Lipinski definition) is 2. The molecule has 0 aliphatic carbocycles. The van der Waals surface area contributed by atoms with Gasteiger partial charge in [-0.3, -0.25) is 4.79 Å². The number of carbonyl (C=O) groups is 1. The van der Waals surface area contributed by atoms with E-state index in [0.29, 0.717) is 0 Å². The van der Waals surface area contributed by atoms with Crippen LogP contribution in [0.5, 0.6) is 0 Å². The monoisotopic (exact) mass is 182 g/mol. The number of rotatable bonds is 2. The largest absolute Gasteiger partial charge is 0.481 e. The number of benzene rings is 1. The highest BCUT2D eigenvalue weighted by atomic mass is 16.4. The number of carboxylic acid groups (broad SMARTS) is 1. The van der Waals surface area contributed by atoms with E-state index in [2.05, 4.69) is 0 Å². The lowest BCUT2D eigenvalue weighted by Crippen LogP contribution is -2.06. The fourth-order valence-corrected chi connectivity index (χ4v) is 0.884. The molecule has 1 aromatic rings. The molecule has 0 aliphatic heterocycles. The quantitative estimate of drug-likeness (QED) is 0.728. The first-order valence-electron chi connectivity index (χ1n) is 3.94. The summed E-state index contributed by atoms with van der Waals surface area (Å²) in [6.07, 6.45) is 0. The molecule has 0 saturated heterocycles. The minimum absolute atomic E-state index is 0.406. The van der Waals surface area contributed by atoms with Gasteiger partial charge in [0, 0.05) is 7.11 Å². The second-order valence-corrected chi connectivity index (χ2v) is 2.47. The Bertz CT molecular complexity index is 244. The number of aliphatic carboxylic acids is 1. The topological polar surface area (TPSA) is 57.5 Å². The maximum atomic E-state index is 10.5. The van der Waals surface area contributed by atoms with Crippen LogP contribution in [0.1, 0.15) is 18.4 Å². The van der Waals surface area contributed by atoms with E-state index in [1.807, 2.05) is 30.3 Å². The van der Waals surface area contributed by atoms with Gasteiger partial charge in [-0.2, -0.15) is 0 Å². The molecule has 1 unspecified atom stereocenters. The SMILES string of the molecule is CC(C(=O)O)c1ccccc1.CO. The Morgan fingerprint density at radius 1 is 1.23 bits per heavy atom. The molecule has 0 heterocycles. The van der Waals surface area contributed by atoms with Crippen LogP contribution in [0.25, 0.3) is 0 Å². The Kier molecular flexibility index (Phi) is 5.55. The zero-order valence-corrected chi connectivity index (χ0v) is 7.77. The fourth-order valence-electron chi connectivity index (χ4n) is 0.884. The molecule has 0 aromatic heterocycles. The van der Waals surface area contributed by atoms with Gasteiger partial charge in [0.2, 0.25) is 0 Å². The highest BCUT2D eigenvalue weighted by molar-refractivity contribution is 5.75. The lowest BCUT2D eigenvalue weighted by atomic mass is 10.0. The average molecular weight is 182 g/mol. The second-order valence-electron chi connectivity index (χ2n) is 2.47. The third-order valence-corrected chi connectivity index (χ3v) is 1.67. The second kappa shape index (κ2) is 6.20. The van der Waals surface area contributed by atoms with E-state index < -0.39 is 11.9 Å². The third-order valence-electron chi connectivity index (χ3n) is 1.67. The van der Waals surface area contributed by atoms with Crippen molar-refractivity contribution >= 4 is 5.97 Å². The summed E-state index contributed by atoms with van der Waals surface area (Å²) in [7, 11) is 1.00. The van der Waals surface area contributed by atoms with Crippen LogP contribution >= 0.6 is 0 Å². The predicted octanol–water partition coefficient (Wildman–Crippen LogP) is 1.48. The first-order valence-corrected chi connectivity index (χ1v) is 3.94. The summed E-state index contributed by atoms with van der Waals surface area (Å²) in [6.45, 7) is 1.68. The van der Waals surface area contributed by atoms with Crippen LogP contribution in [0.4, 0.5) is 0 Å². The molecule has 13 heavy (non-hydrogen) atoms. The van der Waals surface area contributed by atoms with Crippen molar-refractivity contribution in [2.45, 2.75) is 12.8 Å². The Morgan fingerprint density at radius 3 is 2.08 bits per heavy atom. The van der Waals surface area contributed by atoms with E-state index in [-0.39, 0.29) is 0 Å². The van der Waals surface area contributed by atoms with Crippen LogP contribution in [-0.4, -0.2) is 23.3 Å². The molecular formula is C10H14O3. The number of aliphatic hydroxyl groups excluding tert-OH is 1. The van der Waals surface area contributed by atoms with Crippen LogP contribution in [0.15, 0.2) is 30.3 Å². The van der Waals surface area contributed by atoms with E-state index >= 15 is 0 Å². The van der Waals surface area contributed by atoms with Gasteiger partial charge in [-0.05, 0) is 12.5 Å². The Balaban J connectivity index is 0.000000671. The van der Waals surface area contributed by atoms with Crippen molar-refractivity contribution in [2.75, 3.05) is 7.11 Å². The van der Waals surface area contributed by atoms with Crippen LogP contribution in [0.2, 0.25) is 0 Å². The van der Waals surface area contributed by atoms with Crippen molar-refractivity contribution in [3.8, 4) is 0 Å². The Hall–Kier alpha value is -1.35. The summed E-state index contributed by atoms with van der Waals surface area (Å²) in [5, 5.41) is 15.6. The van der Waals surface area contributed by atoms with Crippen molar-refractivity contribution in [1.29, 1.82) is 0 Å². The molecule has 72 valence electrons. The third kappa shape index (κ3) is 3.71. The number of aliphatic hydroxyl groups is 1. The molecule has 3 nitrogen and oxygen atoms in total. The molecule has 0 fully saturated rings.